The highest BCUT2D eigenvalue weighted by Gasteiger charge is 2.24. The number of hydrogen-bond donors (Lipinski definition) is 2. The second kappa shape index (κ2) is 8.84. The van der Waals surface area contributed by atoms with Crippen molar-refractivity contribution in [2.45, 2.75) is 32.2 Å². The van der Waals surface area contributed by atoms with Gasteiger partial charge in [0, 0.05) is 28.5 Å². The van der Waals surface area contributed by atoms with Crippen LogP contribution in [0, 0.1) is 5.92 Å². The number of hydrogen-bond acceptors (Lipinski definition) is 2. The third-order valence-electron chi connectivity index (χ3n) is 3.63. The minimum Gasteiger partial charge on any atom is -0.356 e. The van der Waals surface area contributed by atoms with Gasteiger partial charge >= 0.3 is 0 Å². The van der Waals surface area contributed by atoms with E-state index in [-0.39, 0.29) is 24.2 Å². The Balaban J connectivity index is 0.00000220. The van der Waals surface area contributed by atoms with Gasteiger partial charge < -0.3 is 10.6 Å². The molecule has 1 aromatic carbocycles. The van der Waals surface area contributed by atoms with Crippen LogP contribution in [0.1, 0.15) is 25.3 Å². The van der Waals surface area contributed by atoms with E-state index in [2.05, 4.69) is 17.6 Å². The Morgan fingerprint density at radius 1 is 1.33 bits per heavy atom. The fourth-order valence-electron chi connectivity index (χ4n) is 2.60. The summed E-state index contributed by atoms with van der Waals surface area (Å²) in [4.78, 5) is 12.1. The molecule has 2 rings (SSSR count). The van der Waals surface area contributed by atoms with Crippen molar-refractivity contribution in [3.63, 3.8) is 0 Å². The average Bonchev–Trinajstić information content (AvgIpc) is 2.37. The maximum atomic E-state index is 12.1. The molecule has 21 heavy (non-hydrogen) atoms. The number of piperidine rings is 1. The van der Waals surface area contributed by atoms with Gasteiger partial charge in [0.05, 0.1) is 0 Å². The van der Waals surface area contributed by atoms with Crippen LogP contribution >= 0.6 is 35.6 Å². The Kier molecular flexibility index (Phi) is 7.82. The number of halogens is 3. The van der Waals surface area contributed by atoms with Crippen LogP contribution in [0.15, 0.2) is 18.2 Å². The van der Waals surface area contributed by atoms with Gasteiger partial charge in [0.1, 0.15) is 0 Å². The van der Waals surface area contributed by atoms with Crippen molar-refractivity contribution in [3.8, 4) is 0 Å². The molecule has 1 aromatic rings. The summed E-state index contributed by atoms with van der Waals surface area (Å²) < 4.78 is 0. The molecule has 1 heterocycles. The summed E-state index contributed by atoms with van der Waals surface area (Å²) in [6.07, 6.45) is 2.57. The predicted molar refractivity (Wildman–Crippen MR) is 90.6 cm³/mol. The second-order valence-electron chi connectivity index (χ2n) is 5.40. The Morgan fingerprint density at radius 2 is 2.00 bits per heavy atom. The van der Waals surface area contributed by atoms with Crippen molar-refractivity contribution in [2.75, 3.05) is 13.1 Å². The van der Waals surface area contributed by atoms with Gasteiger partial charge in [-0.2, -0.15) is 0 Å². The van der Waals surface area contributed by atoms with Crippen LogP contribution in [0.5, 0.6) is 0 Å². The smallest absolute Gasteiger partial charge is 0.223 e. The number of benzene rings is 1. The number of amides is 1. The highest BCUT2D eigenvalue weighted by molar-refractivity contribution is 6.34. The molecule has 1 aliphatic heterocycles. The summed E-state index contributed by atoms with van der Waals surface area (Å²) in [7, 11) is 0. The molecule has 0 aliphatic carbocycles. The van der Waals surface area contributed by atoms with Crippen molar-refractivity contribution >= 4 is 41.5 Å². The molecule has 0 spiro atoms. The molecule has 1 aliphatic rings. The third kappa shape index (κ3) is 6.03. The summed E-state index contributed by atoms with van der Waals surface area (Å²) in [6.45, 7) is 3.66. The van der Waals surface area contributed by atoms with Crippen molar-refractivity contribution in [2.24, 2.45) is 5.92 Å². The van der Waals surface area contributed by atoms with E-state index >= 15 is 0 Å². The lowest BCUT2D eigenvalue weighted by molar-refractivity contribution is -0.126. The van der Waals surface area contributed by atoms with Gasteiger partial charge in [-0.1, -0.05) is 23.2 Å². The van der Waals surface area contributed by atoms with Gasteiger partial charge in [-0.05, 0) is 56.5 Å². The fourth-order valence-corrected chi connectivity index (χ4v) is 3.17. The quantitative estimate of drug-likeness (QED) is 0.872. The molecule has 118 valence electrons. The Morgan fingerprint density at radius 3 is 2.62 bits per heavy atom. The van der Waals surface area contributed by atoms with Crippen molar-refractivity contribution in [1.29, 1.82) is 0 Å². The van der Waals surface area contributed by atoms with Crippen molar-refractivity contribution < 1.29 is 4.79 Å². The standard InChI is InChI=1S/C15H20Cl2N2O.ClH/c1-10-6-12(3-5-18-10)15(20)19-4-2-11-7-13(16)9-14(17)8-11;/h7-10,12,18H,2-6H2,1H3,(H,19,20);1H/t10-,12-;/m0./s1. The topological polar surface area (TPSA) is 41.1 Å². The van der Waals surface area contributed by atoms with E-state index in [9.17, 15) is 4.79 Å². The van der Waals surface area contributed by atoms with E-state index in [0.717, 1.165) is 31.4 Å². The number of carbonyl (C=O) groups excluding carboxylic acids is 1. The maximum absolute atomic E-state index is 12.1. The summed E-state index contributed by atoms with van der Waals surface area (Å²) in [6, 6.07) is 5.89. The molecule has 2 N–H and O–H groups in total. The Labute approximate surface area is 142 Å². The summed E-state index contributed by atoms with van der Waals surface area (Å²) in [5.74, 6) is 0.292. The first kappa shape index (κ1) is 18.6. The lowest BCUT2D eigenvalue weighted by Crippen LogP contribution is -2.42. The van der Waals surface area contributed by atoms with Crippen LogP contribution in [0.25, 0.3) is 0 Å². The van der Waals surface area contributed by atoms with Gasteiger partial charge in [-0.25, -0.2) is 0 Å². The molecule has 3 nitrogen and oxygen atoms in total. The largest absolute Gasteiger partial charge is 0.356 e. The Hall–Kier alpha value is -0.480. The first-order valence-electron chi connectivity index (χ1n) is 7.00. The molecule has 2 atom stereocenters. The zero-order valence-electron chi connectivity index (χ0n) is 12.0. The van der Waals surface area contributed by atoms with Gasteiger partial charge in [0.2, 0.25) is 5.91 Å². The SMILES string of the molecule is C[C@H]1C[C@@H](C(=O)NCCc2cc(Cl)cc(Cl)c2)CCN1.Cl. The van der Waals surface area contributed by atoms with Gasteiger partial charge in [-0.15, -0.1) is 12.4 Å². The normalized spacial score (nSPS) is 21.5. The molecule has 0 unspecified atom stereocenters. The van der Waals surface area contributed by atoms with E-state index in [4.69, 9.17) is 23.2 Å². The first-order chi connectivity index (χ1) is 9.54. The lowest BCUT2D eigenvalue weighted by Gasteiger charge is -2.27. The molecular weight excluding hydrogens is 331 g/mol. The van der Waals surface area contributed by atoms with Crippen LogP contribution in [0.3, 0.4) is 0 Å². The molecule has 0 bridgehead atoms. The van der Waals surface area contributed by atoms with Crippen LogP contribution in [-0.2, 0) is 11.2 Å². The molecule has 1 amide bonds. The molecular formula is C15H21Cl3N2O. The first-order valence-corrected chi connectivity index (χ1v) is 7.76. The molecule has 1 fully saturated rings. The highest BCUT2D eigenvalue weighted by Crippen LogP contribution is 2.19. The minimum absolute atomic E-state index is 0. The minimum atomic E-state index is 0. The van der Waals surface area contributed by atoms with E-state index in [1.807, 2.05) is 12.1 Å². The van der Waals surface area contributed by atoms with Crippen LogP contribution in [0.4, 0.5) is 0 Å². The fraction of sp³-hybridized carbons (Fsp3) is 0.533. The summed E-state index contributed by atoms with van der Waals surface area (Å²) in [5.41, 5.74) is 1.04. The maximum Gasteiger partial charge on any atom is 0.223 e. The van der Waals surface area contributed by atoms with E-state index in [0.29, 0.717) is 22.6 Å². The van der Waals surface area contributed by atoms with E-state index in [1.165, 1.54) is 0 Å². The van der Waals surface area contributed by atoms with Gasteiger partial charge in [0.15, 0.2) is 0 Å². The van der Waals surface area contributed by atoms with Crippen LogP contribution in [0.2, 0.25) is 10.0 Å². The van der Waals surface area contributed by atoms with Crippen molar-refractivity contribution in [3.05, 3.63) is 33.8 Å². The second-order valence-corrected chi connectivity index (χ2v) is 6.27. The van der Waals surface area contributed by atoms with Crippen molar-refractivity contribution in [1.82, 2.24) is 10.6 Å². The lowest BCUT2D eigenvalue weighted by atomic mass is 9.92. The summed E-state index contributed by atoms with van der Waals surface area (Å²) in [5, 5.41) is 7.62. The number of nitrogens with one attached hydrogen (secondary N) is 2. The predicted octanol–water partition coefficient (Wildman–Crippen LogP) is 3.46. The highest BCUT2D eigenvalue weighted by atomic mass is 35.5. The molecule has 0 aromatic heterocycles. The zero-order valence-corrected chi connectivity index (χ0v) is 14.3. The average molecular weight is 352 g/mol. The van der Waals surface area contributed by atoms with E-state index < -0.39 is 0 Å². The van der Waals surface area contributed by atoms with Crippen LogP contribution in [-0.4, -0.2) is 25.0 Å². The molecule has 0 saturated carbocycles. The molecule has 1 saturated heterocycles. The zero-order chi connectivity index (χ0) is 14.5. The van der Waals surface area contributed by atoms with Gasteiger partial charge in [0.25, 0.3) is 0 Å². The third-order valence-corrected chi connectivity index (χ3v) is 4.07. The Bertz CT molecular complexity index is 462. The van der Waals surface area contributed by atoms with Crippen LogP contribution < -0.4 is 10.6 Å². The number of carbonyl (C=O) groups is 1. The number of rotatable bonds is 4. The monoisotopic (exact) mass is 350 g/mol. The van der Waals surface area contributed by atoms with E-state index in [1.54, 1.807) is 6.07 Å². The molecule has 0 radical (unpaired) electrons. The summed E-state index contributed by atoms with van der Waals surface area (Å²) >= 11 is 11.9. The van der Waals surface area contributed by atoms with Gasteiger partial charge in [-0.3, -0.25) is 4.79 Å². The molecule has 6 heteroatoms.